The fourth-order valence-electron chi connectivity index (χ4n) is 4.31. The third-order valence-corrected chi connectivity index (χ3v) is 7.34. The van der Waals surface area contributed by atoms with E-state index in [1.54, 1.807) is 18.2 Å². The first-order chi connectivity index (χ1) is 18.2. The van der Waals surface area contributed by atoms with Crippen molar-refractivity contribution >= 4 is 75.4 Å². The number of carbonyl (C=O) groups excluding carboxylic acids is 2. The largest absolute Gasteiger partial charge is 0.339 e. The van der Waals surface area contributed by atoms with Gasteiger partial charge < -0.3 is 5.32 Å². The molecule has 0 bridgehead atoms. The number of imide groups is 1. The standard InChI is InChI=1S/C27H26Cl4N4O3/c1-2-3-4-5-6-7-8-16-11-24(36)34(27(16)38)18-9-10-19(29)22(14-18)32-23-15-25(37)35(33-23)26-20(30)12-17(28)13-21(26)31/h5-6,9-10,12-16,32-33H,2-4,7-8,11H2,1H3. The first-order valence-electron chi connectivity index (χ1n) is 12.2. The lowest BCUT2D eigenvalue weighted by atomic mass is 10.0. The number of anilines is 3. The van der Waals surface area contributed by atoms with Crippen molar-refractivity contribution in [3.8, 4) is 5.69 Å². The molecule has 0 spiro atoms. The Kier molecular flexibility index (Phi) is 9.26. The Labute approximate surface area is 240 Å². The molecule has 0 saturated carbocycles. The van der Waals surface area contributed by atoms with Crippen LogP contribution in [0, 0.1) is 5.92 Å². The molecule has 0 aliphatic carbocycles. The molecule has 200 valence electrons. The van der Waals surface area contributed by atoms with Gasteiger partial charge >= 0.3 is 0 Å². The maximum Gasteiger partial charge on any atom is 0.273 e. The normalized spacial score (nSPS) is 15.7. The average Bonchev–Trinajstić information content (AvgIpc) is 3.34. The van der Waals surface area contributed by atoms with Crippen molar-refractivity contribution < 1.29 is 9.59 Å². The van der Waals surface area contributed by atoms with Gasteiger partial charge in [-0.2, -0.15) is 0 Å². The zero-order valence-electron chi connectivity index (χ0n) is 20.6. The third-order valence-electron chi connectivity index (χ3n) is 6.22. The maximum absolute atomic E-state index is 13.1. The molecule has 1 atom stereocenters. The van der Waals surface area contributed by atoms with E-state index >= 15 is 0 Å². The van der Waals surface area contributed by atoms with Gasteiger partial charge in [0.05, 0.1) is 26.4 Å². The number of aromatic amines is 1. The van der Waals surface area contributed by atoms with Gasteiger partial charge in [-0.3, -0.25) is 24.4 Å². The van der Waals surface area contributed by atoms with Crippen molar-refractivity contribution in [1.82, 2.24) is 9.78 Å². The van der Waals surface area contributed by atoms with Crippen LogP contribution in [0.3, 0.4) is 0 Å². The van der Waals surface area contributed by atoms with E-state index in [-0.39, 0.29) is 39.9 Å². The number of nitrogens with zero attached hydrogens (tertiary/aromatic N) is 2. The molecule has 1 aliphatic heterocycles. The smallest absolute Gasteiger partial charge is 0.273 e. The van der Waals surface area contributed by atoms with Gasteiger partial charge in [0.2, 0.25) is 11.8 Å². The molecular formula is C27H26Cl4N4O3. The summed E-state index contributed by atoms with van der Waals surface area (Å²) in [5.74, 6) is -0.542. The molecule has 2 amide bonds. The minimum Gasteiger partial charge on any atom is -0.339 e. The molecule has 7 nitrogen and oxygen atoms in total. The van der Waals surface area contributed by atoms with E-state index in [1.807, 2.05) is 0 Å². The topological polar surface area (TPSA) is 87.2 Å². The SMILES string of the molecule is CCCCC=CCCC1CC(=O)N(c2ccc(Cl)c(Nc3cc(=O)n(-c4c(Cl)cc(Cl)cc4Cl)[nH]3)c2)C1=O. The van der Waals surface area contributed by atoms with Gasteiger partial charge in [-0.25, -0.2) is 4.68 Å². The quantitative estimate of drug-likeness (QED) is 0.141. The molecule has 4 rings (SSSR count). The number of hydrogen-bond acceptors (Lipinski definition) is 4. The van der Waals surface area contributed by atoms with E-state index in [1.165, 1.54) is 27.8 Å². The number of benzene rings is 2. The Morgan fingerprint density at radius 1 is 0.974 bits per heavy atom. The van der Waals surface area contributed by atoms with E-state index in [2.05, 4.69) is 29.5 Å². The van der Waals surface area contributed by atoms with Gasteiger partial charge in [0.15, 0.2) is 0 Å². The molecule has 1 aliphatic rings. The maximum atomic E-state index is 13.1. The molecular weight excluding hydrogens is 570 g/mol. The van der Waals surface area contributed by atoms with Crippen LogP contribution in [0.25, 0.3) is 5.69 Å². The van der Waals surface area contributed by atoms with Gasteiger partial charge in [-0.1, -0.05) is 78.3 Å². The number of allylic oxidation sites excluding steroid dienone is 2. The van der Waals surface area contributed by atoms with Gasteiger partial charge in [0.25, 0.3) is 5.56 Å². The molecule has 1 unspecified atom stereocenters. The van der Waals surface area contributed by atoms with E-state index in [0.717, 1.165) is 25.7 Å². The Bertz CT molecular complexity index is 1420. The number of aromatic nitrogens is 2. The average molecular weight is 596 g/mol. The first-order valence-corrected chi connectivity index (χ1v) is 13.8. The Balaban J connectivity index is 1.52. The number of carbonyl (C=O) groups is 2. The predicted octanol–water partition coefficient (Wildman–Crippen LogP) is 7.93. The Morgan fingerprint density at radius 2 is 1.68 bits per heavy atom. The molecule has 11 heteroatoms. The van der Waals surface area contributed by atoms with Crippen LogP contribution in [-0.2, 0) is 9.59 Å². The number of rotatable bonds is 10. The van der Waals surface area contributed by atoms with Gasteiger partial charge in [-0.15, -0.1) is 0 Å². The van der Waals surface area contributed by atoms with Crippen molar-refractivity contribution in [2.24, 2.45) is 5.92 Å². The fraction of sp³-hybridized carbons (Fsp3) is 0.296. The molecule has 2 N–H and O–H groups in total. The van der Waals surface area contributed by atoms with Crippen molar-refractivity contribution in [2.45, 2.75) is 45.4 Å². The van der Waals surface area contributed by atoms with Crippen LogP contribution in [0.4, 0.5) is 17.2 Å². The Morgan fingerprint density at radius 3 is 2.39 bits per heavy atom. The second kappa shape index (κ2) is 12.4. The number of halogens is 4. The summed E-state index contributed by atoms with van der Waals surface area (Å²) in [7, 11) is 0. The second-order valence-corrected chi connectivity index (χ2v) is 10.7. The van der Waals surface area contributed by atoms with E-state index in [0.29, 0.717) is 33.7 Å². The molecule has 1 aromatic heterocycles. The first kappa shape index (κ1) is 28.3. The van der Waals surface area contributed by atoms with E-state index < -0.39 is 5.56 Å². The number of nitrogens with one attached hydrogen (secondary N) is 2. The van der Waals surface area contributed by atoms with Gasteiger partial charge in [0, 0.05) is 23.4 Å². The van der Waals surface area contributed by atoms with Crippen LogP contribution in [0.15, 0.2) is 53.3 Å². The van der Waals surface area contributed by atoms with Crippen LogP contribution in [0.2, 0.25) is 20.1 Å². The molecule has 2 aromatic carbocycles. The van der Waals surface area contributed by atoms with E-state index in [4.69, 9.17) is 46.4 Å². The van der Waals surface area contributed by atoms with Crippen LogP contribution >= 0.6 is 46.4 Å². The highest BCUT2D eigenvalue weighted by Gasteiger charge is 2.39. The zero-order chi connectivity index (χ0) is 27.4. The van der Waals surface area contributed by atoms with Crippen molar-refractivity contribution in [3.63, 3.8) is 0 Å². The summed E-state index contributed by atoms with van der Waals surface area (Å²) in [5.41, 5.74) is 0.616. The predicted molar refractivity (Wildman–Crippen MR) is 155 cm³/mol. The lowest BCUT2D eigenvalue weighted by molar-refractivity contribution is -0.122. The molecule has 38 heavy (non-hydrogen) atoms. The molecule has 0 radical (unpaired) electrons. The minimum absolute atomic E-state index is 0.172. The summed E-state index contributed by atoms with van der Waals surface area (Å²) in [6.07, 6.45) is 9.05. The number of amides is 2. The van der Waals surface area contributed by atoms with Gasteiger partial charge in [-0.05, 0) is 49.6 Å². The van der Waals surface area contributed by atoms with Crippen molar-refractivity contribution in [1.29, 1.82) is 0 Å². The third kappa shape index (κ3) is 6.29. The van der Waals surface area contributed by atoms with Gasteiger partial charge in [0.1, 0.15) is 11.5 Å². The highest BCUT2D eigenvalue weighted by atomic mass is 35.5. The van der Waals surface area contributed by atoms with Crippen LogP contribution in [0.1, 0.15) is 45.4 Å². The lowest BCUT2D eigenvalue weighted by Crippen LogP contribution is -2.30. The molecule has 3 aromatic rings. The summed E-state index contributed by atoms with van der Waals surface area (Å²) in [6.45, 7) is 2.14. The summed E-state index contributed by atoms with van der Waals surface area (Å²) >= 11 is 24.9. The number of hydrogen-bond donors (Lipinski definition) is 2. The summed E-state index contributed by atoms with van der Waals surface area (Å²) in [4.78, 5) is 39.7. The Hall–Kier alpha value is -2.71. The number of H-pyrrole nitrogens is 1. The zero-order valence-corrected chi connectivity index (χ0v) is 23.6. The summed E-state index contributed by atoms with van der Waals surface area (Å²) in [6, 6.07) is 9.07. The summed E-state index contributed by atoms with van der Waals surface area (Å²) in [5, 5.41) is 6.98. The van der Waals surface area contributed by atoms with E-state index in [9.17, 15) is 14.4 Å². The fourth-order valence-corrected chi connectivity index (χ4v) is 5.46. The molecule has 1 saturated heterocycles. The second-order valence-electron chi connectivity index (χ2n) is 9.01. The van der Waals surface area contributed by atoms with Crippen LogP contribution in [0.5, 0.6) is 0 Å². The molecule has 1 fully saturated rings. The van der Waals surface area contributed by atoms with Crippen LogP contribution in [-0.4, -0.2) is 21.6 Å². The molecule has 2 heterocycles. The van der Waals surface area contributed by atoms with Crippen molar-refractivity contribution in [3.05, 3.63) is 79.0 Å². The monoisotopic (exact) mass is 594 g/mol. The highest BCUT2D eigenvalue weighted by Crippen LogP contribution is 2.35. The van der Waals surface area contributed by atoms with Crippen molar-refractivity contribution in [2.75, 3.05) is 10.2 Å². The lowest BCUT2D eigenvalue weighted by Gasteiger charge is -2.17. The van der Waals surface area contributed by atoms with Crippen LogP contribution < -0.4 is 15.8 Å². The minimum atomic E-state index is -0.428. The summed E-state index contributed by atoms with van der Waals surface area (Å²) < 4.78 is 1.18. The highest BCUT2D eigenvalue weighted by molar-refractivity contribution is 6.40. The number of unbranched alkanes of at least 4 members (excludes halogenated alkanes) is 2.